The molecule has 0 aliphatic carbocycles. The van der Waals surface area contributed by atoms with Gasteiger partial charge in [-0.2, -0.15) is 0 Å². The van der Waals surface area contributed by atoms with Crippen molar-refractivity contribution in [3.63, 3.8) is 0 Å². The zero-order chi connectivity index (χ0) is 14.1. The summed E-state index contributed by atoms with van der Waals surface area (Å²) in [5.41, 5.74) is 3.52. The van der Waals surface area contributed by atoms with Crippen molar-refractivity contribution in [2.75, 3.05) is 5.32 Å². The minimum absolute atomic E-state index is 0.821. The Kier molecular flexibility index (Phi) is 5.90. The molecule has 1 aromatic rings. The molecule has 0 aromatic heterocycles. The van der Waals surface area contributed by atoms with Crippen LogP contribution in [0.25, 0.3) is 0 Å². The molecule has 0 atom stereocenters. The molecule has 0 saturated carbocycles. The molecule has 0 aliphatic rings. The molecule has 0 unspecified atom stereocenters. The highest BCUT2D eigenvalue weighted by Gasteiger charge is 2.04. The maximum Gasteiger partial charge on any atom is 0.0457 e. The standard InChI is InChI=1S/C18H19N/c1-5-7-12-15(3)16(4)18(11-6-2)19-17-13-9-8-10-14-17/h5-14,19H,1-4H2/b12-7-,18-11+. The average Bonchev–Trinajstić information content (AvgIpc) is 2.44. The van der Waals surface area contributed by atoms with Gasteiger partial charge in [0.05, 0.1) is 0 Å². The van der Waals surface area contributed by atoms with Crippen LogP contribution in [0.4, 0.5) is 5.69 Å². The molecule has 1 aromatic carbocycles. The molecule has 96 valence electrons. The number of hydrogen-bond donors (Lipinski definition) is 1. The van der Waals surface area contributed by atoms with Crippen molar-refractivity contribution in [3.05, 3.63) is 104 Å². The van der Waals surface area contributed by atoms with Crippen LogP contribution in [0.2, 0.25) is 0 Å². The van der Waals surface area contributed by atoms with E-state index in [1.165, 1.54) is 0 Å². The maximum absolute atomic E-state index is 4.06. The number of allylic oxidation sites excluding steroid dienone is 6. The molecule has 1 rings (SSSR count). The van der Waals surface area contributed by atoms with E-state index >= 15 is 0 Å². The number of benzene rings is 1. The normalized spacial score (nSPS) is 11.1. The molecule has 0 radical (unpaired) electrons. The van der Waals surface area contributed by atoms with E-state index in [1.54, 1.807) is 12.2 Å². The first-order valence-corrected chi connectivity index (χ1v) is 6.01. The molecule has 1 N–H and O–H groups in total. The van der Waals surface area contributed by atoms with Crippen molar-refractivity contribution in [1.82, 2.24) is 0 Å². The summed E-state index contributed by atoms with van der Waals surface area (Å²) in [6.07, 6.45) is 9.02. The van der Waals surface area contributed by atoms with Gasteiger partial charge in [0.2, 0.25) is 0 Å². The Labute approximate surface area is 115 Å². The van der Waals surface area contributed by atoms with E-state index in [2.05, 4.69) is 31.6 Å². The first-order chi connectivity index (χ1) is 9.19. The fourth-order valence-electron chi connectivity index (χ4n) is 1.47. The minimum atomic E-state index is 0.821. The van der Waals surface area contributed by atoms with Gasteiger partial charge in [-0.1, -0.05) is 68.8 Å². The summed E-state index contributed by atoms with van der Waals surface area (Å²) in [6.45, 7) is 15.4. The highest BCUT2D eigenvalue weighted by Crippen LogP contribution is 2.20. The number of hydrogen-bond acceptors (Lipinski definition) is 1. The fourth-order valence-corrected chi connectivity index (χ4v) is 1.47. The van der Waals surface area contributed by atoms with Gasteiger partial charge in [-0.25, -0.2) is 0 Å². The third kappa shape index (κ3) is 4.68. The van der Waals surface area contributed by atoms with E-state index in [4.69, 9.17) is 0 Å². The van der Waals surface area contributed by atoms with Crippen molar-refractivity contribution in [2.45, 2.75) is 0 Å². The van der Waals surface area contributed by atoms with Gasteiger partial charge in [0.15, 0.2) is 0 Å². The smallest absolute Gasteiger partial charge is 0.0457 e. The Morgan fingerprint density at radius 3 is 2.26 bits per heavy atom. The van der Waals surface area contributed by atoms with E-state index in [-0.39, 0.29) is 0 Å². The van der Waals surface area contributed by atoms with E-state index < -0.39 is 0 Å². The second kappa shape index (κ2) is 7.72. The van der Waals surface area contributed by atoms with Crippen LogP contribution < -0.4 is 5.32 Å². The van der Waals surface area contributed by atoms with Gasteiger partial charge >= 0.3 is 0 Å². The van der Waals surface area contributed by atoms with Crippen molar-refractivity contribution in [3.8, 4) is 0 Å². The second-order valence-corrected chi connectivity index (χ2v) is 3.91. The van der Waals surface area contributed by atoms with E-state index in [0.29, 0.717) is 0 Å². The van der Waals surface area contributed by atoms with Gasteiger partial charge in [-0.05, 0) is 29.4 Å². The Morgan fingerprint density at radius 1 is 1.00 bits per heavy atom. The number of anilines is 1. The molecule has 0 bridgehead atoms. The summed E-state index contributed by atoms with van der Waals surface area (Å²) in [7, 11) is 0. The monoisotopic (exact) mass is 249 g/mol. The van der Waals surface area contributed by atoms with Crippen LogP contribution in [0, 0.1) is 0 Å². The third-order valence-electron chi connectivity index (χ3n) is 2.48. The lowest BCUT2D eigenvalue weighted by atomic mass is 10.0. The molecular formula is C18H19N. The van der Waals surface area contributed by atoms with Gasteiger partial charge in [0.1, 0.15) is 0 Å². The maximum atomic E-state index is 4.06. The number of nitrogens with one attached hydrogen (secondary N) is 1. The van der Waals surface area contributed by atoms with Crippen LogP contribution in [0.1, 0.15) is 0 Å². The topological polar surface area (TPSA) is 12.0 Å². The zero-order valence-electron chi connectivity index (χ0n) is 11.1. The molecule has 1 nitrogen and oxygen atoms in total. The van der Waals surface area contributed by atoms with Gasteiger partial charge in [0, 0.05) is 11.4 Å². The lowest BCUT2D eigenvalue weighted by Crippen LogP contribution is -2.02. The zero-order valence-corrected chi connectivity index (χ0v) is 11.1. The van der Waals surface area contributed by atoms with E-state index in [9.17, 15) is 0 Å². The predicted octanol–water partition coefficient (Wildman–Crippen LogP) is 5.02. The molecule has 0 amide bonds. The molecular weight excluding hydrogens is 230 g/mol. The molecule has 0 fully saturated rings. The molecule has 0 heterocycles. The molecule has 0 aliphatic heterocycles. The number of para-hydroxylation sites is 1. The van der Waals surface area contributed by atoms with Gasteiger partial charge in [-0.3, -0.25) is 0 Å². The molecule has 0 spiro atoms. The van der Waals surface area contributed by atoms with Crippen molar-refractivity contribution >= 4 is 5.69 Å². The summed E-state index contributed by atoms with van der Waals surface area (Å²) in [6, 6.07) is 9.91. The lowest BCUT2D eigenvalue weighted by molar-refractivity contribution is 1.38. The Balaban J connectivity index is 2.90. The van der Waals surface area contributed by atoms with Crippen LogP contribution in [-0.4, -0.2) is 0 Å². The average molecular weight is 249 g/mol. The fraction of sp³-hybridized carbons (Fsp3) is 0. The van der Waals surface area contributed by atoms with Crippen LogP contribution in [-0.2, 0) is 0 Å². The Hall–Kier alpha value is -2.54. The van der Waals surface area contributed by atoms with Crippen LogP contribution in [0.5, 0.6) is 0 Å². The first-order valence-electron chi connectivity index (χ1n) is 6.01. The largest absolute Gasteiger partial charge is 0.355 e. The third-order valence-corrected chi connectivity index (χ3v) is 2.48. The minimum Gasteiger partial charge on any atom is -0.355 e. The summed E-state index contributed by atoms with van der Waals surface area (Å²) in [4.78, 5) is 0. The van der Waals surface area contributed by atoms with Crippen molar-refractivity contribution in [2.24, 2.45) is 0 Å². The molecule has 19 heavy (non-hydrogen) atoms. The highest BCUT2D eigenvalue weighted by atomic mass is 14.9. The predicted molar refractivity (Wildman–Crippen MR) is 86.0 cm³/mol. The number of rotatable bonds is 7. The van der Waals surface area contributed by atoms with Crippen molar-refractivity contribution < 1.29 is 0 Å². The van der Waals surface area contributed by atoms with Crippen LogP contribution in [0.3, 0.4) is 0 Å². The van der Waals surface area contributed by atoms with Crippen LogP contribution in [0.15, 0.2) is 104 Å². The quantitative estimate of drug-likeness (QED) is 0.669. The Bertz CT molecular complexity index is 530. The molecule has 0 saturated heterocycles. The summed E-state index contributed by atoms with van der Waals surface area (Å²) in [5, 5.41) is 3.31. The van der Waals surface area contributed by atoms with E-state index in [1.807, 2.05) is 48.6 Å². The Morgan fingerprint density at radius 2 is 1.68 bits per heavy atom. The van der Waals surface area contributed by atoms with Gasteiger partial charge in [0.25, 0.3) is 0 Å². The lowest BCUT2D eigenvalue weighted by Gasteiger charge is -2.13. The summed E-state index contributed by atoms with van der Waals surface area (Å²) >= 11 is 0. The SMILES string of the molecule is C=C/C=C\C(=C)C(=C)/C(=C\C=C)Nc1ccccc1. The van der Waals surface area contributed by atoms with Gasteiger partial charge in [-0.15, -0.1) is 0 Å². The van der Waals surface area contributed by atoms with Gasteiger partial charge < -0.3 is 5.32 Å². The van der Waals surface area contributed by atoms with Crippen LogP contribution >= 0.6 is 0 Å². The second-order valence-electron chi connectivity index (χ2n) is 3.91. The summed E-state index contributed by atoms with van der Waals surface area (Å²) < 4.78 is 0. The molecule has 1 heteroatoms. The first kappa shape index (κ1) is 14.5. The van der Waals surface area contributed by atoms with E-state index in [0.717, 1.165) is 22.5 Å². The van der Waals surface area contributed by atoms with Crippen molar-refractivity contribution in [1.29, 1.82) is 0 Å². The highest BCUT2D eigenvalue weighted by molar-refractivity contribution is 5.59. The summed E-state index contributed by atoms with van der Waals surface area (Å²) in [5.74, 6) is 0.